The zero-order valence-electron chi connectivity index (χ0n) is 27.5. The van der Waals surface area contributed by atoms with Crippen molar-refractivity contribution in [2.24, 2.45) is 0 Å². The summed E-state index contributed by atoms with van der Waals surface area (Å²) in [6.07, 6.45) is 8.95. The number of para-hydroxylation sites is 2. The molecule has 0 spiro atoms. The van der Waals surface area contributed by atoms with Crippen molar-refractivity contribution in [1.29, 1.82) is 0 Å². The predicted molar refractivity (Wildman–Crippen MR) is 192 cm³/mol. The van der Waals surface area contributed by atoms with E-state index >= 15 is 0 Å². The van der Waals surface area contributed by atoms with Crippen LogP contribution in [0.5, 0.6) is 11.5 Å². The molecule has 0 saturated heterocycles. The second-order valence-corrected chi connectivity index (χ2v) is 15.2. The number of hydrogen-bond acceptors (Lipinski definition) is 4. The molecule has 4 aliphatic rings. The van der Waals surface area contributed by atoms with Crippen LogP contribution in [-0.2, 0) is 10.8 Å². The van der Waals surface area contributed by atoms with Crippen molar-refractivity contribution in [3.8, 4) is 11.5 Å². The first kappa shape index (κ1) is 27.8. The molecule has 228 valence electrons. The van der Waals surface area contributed by atoms with E-state index in [1.165, 1.54) is 64.6 Å². The molecule has 1 saturated carbocycles. The van der Waals surface area contributed by atoms with Crippen LogP contribution in [0.4, 0.5) is 28.4 Å². The number of aromatic nitrogens is 1. The number of hydrogen-bond donors (Lipinski definition) is 0. The fourth-order valence-electron chi connectivity index (χ4n) is 9.07. The summed E-state index contributed by atoms with van der Waals surface area (Å²) in [5, 5.41) is 0. The van der Waals surface area contributed by atoms with Gasteiger partial charge in [0, 0.05) is 34.2 Å². The largest absolute Gasteiger partial charge is 0.457 e. The normalized spacial score (nSPS) is 21.9. The van der Waals surface area contributed by atoms with Gasteiger partial charge in [-0.15, -0.1) is 0 Å². The lowest BCUT2D eigenvalue weighted by Gasteiger charge is -2.52. The van der Waals surface area contributed by atoms with Crippen LogP contribution in [0, 0.1) is 0 Å². The molecule has 0 radical (unpaired) electrons. The van der Waals surface area contributed by atoms with Gasteiger partial charge in [-0.3, -0.25) is 4.98 Å². The lowest BCUT2D eigenvalue weighted by molar-refractivity contribution is 0.195. The Kier molecular flexibility index (Phi) is 5.74. The van der Waals surface area contributed by atoms with Crippen molar-refractivity contribution >= 4 is 51.5 Å². The van der Waals surface area contributed by atoms with Gasteiger partial charge in [-0.1, -0.05) is 95.1 Å². The Labute approximate surface area is 273 Å². The smallest absolute Gasteiger partial charge is 0.256 e. The van der Waals surface area contributed by atoms with Crippen molar-refractivity contribution in [3.05, 3.63) is 115 Å². The van der Waals surface area contributed by atoms with Gasteiger partial charge in [0.2, 0.25) is 0 Å². The highest BCUT2D eigenvalue weighted by Crippen LogP contribution is 2.61. The molecule has 1 fully saturated rings. The SMILES string of the molecule is CC(C)(C)c1cc2c3c(c1)C1(C)CCCCC1(C)N3c1cncc3c1B2c1ccc(N(c2ccccc2)c2ccccc2)cc1O3. The average molecular weight is 602 g/mol. The van der Waals surface area contributed by atoms with Gasteiger partial charge in [-0.2, -0.15) is 0 Å². The lowest BCUT2D eigenvalue weighted by atomic mass is 9.34. The first-order valence-electron chi connectivity index (χ1n) is 16.9. The molecule has 2 unspecified atom stereocenters. The zero-order valence-corrected chi connectivity index (χ0v) is 27.5. The Morgan fingerprint density at radius 3 is 2.15 bits per heavy atom. The van der Waals surface area contributed by atoms with E-state index in [-0.39, 0.29) is 23.1 Å². The van der Waals surface area contributed by atoms with Crippen molar-refractivity contribution < 1.29 is 4.74 Å². The summed E-state index contributed by atoms with van der Waals surface area (Å²) >= 11 is 0. The Hall–Kier alpha value is -4.51. The highest BCUT2D eigenvalue weighted by molar-refractivity contribution is 6.99. The molecule has 1 aliphatic carbocycles. The third kappa shape index (κ3) is 3.66. The highest BCUT2D eigenvalue weighted by atomic mass is 16.5. The molecule has 3 aliphatic heterocycles. The van der Waals surface area contributed by atoms with Gasteiger partial charge in [0.1, 0.15) is 11.5 Å². The molecule has 4 aromatic carbocycles. The molecule has 5 aromatic rings. The van der Waals surface area contributed by atoms with Gasteiger partial charge in [-0.05, 0) is 83.0 Å². The molecule has 9 rings (SSSR count). The monoisotopic (exact) mass is 601 g/mol. The fourth-order valence-corrected chi connectivity index (χ4v) is 9.07. The van der Waals surface area contributed by atoms with Gasteiger partial charge in [0.25, 0.3) is 6.71 Å². The van der Waals surface area contributed by atoms with Crippen LogP contribution in [0.3, 0.4) is 0 Å². The number of rotatable bonds is 3. The molecule has 0 amide bonds. The number of ether oxygens (including phenoxy) is 1. The molecular weight excluding hydrogens is 561 g/mol. The topological polar surface area (TPSA) is 28.6 Å². The van der Waals surface area contributed by atoms with E-state index in [1.807, 2.05) is 6.20 Å². The molecule has 1 aromatic heterocycles. The predicted octanol–water partition coefficient (Wildman–Crippen LogP) is 8.53. The Morgan fingerprint density at radius 1 is 0.761 bits per heavy atom. The van der Waals surface area contributed by atoms with Gasteiger partial charge in [0.15, 0.2) is 0 Å². The molecule has 46 heavy (non-hydrogen) atoms. The van der Waals surface area contributed by atoms with E-state index in [1.54, 1.807) is 0 Å². The second kappa shape index (κ2) is 9.51. The fraction of sp³-hybridized carbons (Fsp3) is 0.293. The Morgan fingerprint density at radius 2 is 1.46 bits per heavy atom. The first-order valence-corrected chi connectivity index (χ1v) is 16.9. The molecule has 4 nitrogen and oxygen atoms in total. The van der Waals surface area contributed by atoms with Crippen LogP contribution in [-0.4, -0.2) is 17.2 Å². The van der Waals surface area contributed by atoms with Crippen LogP contribution >= 0.6 is 0 Å². The van der Waals surface area contributed by atoms with Crippen LogP contribution in [0.2, 0.25) is 0 Å². The van der Waals surface area contributed by atoms with E-state index in [0.717, 1.165) is 28.6 Å². The van der Waals surface area contributed by atoms with E-state index in [4.69, 9.17) is 9.72 Å². The van der Waals surface area contributed by atoms with Gasteiger partial charge in [0.05, 0.1) is 23.6 Å². The van der Waals surface area contributed by atoms with Crippen molar-refractivity contribution in [2.75, 3.05) is 9.80 Å². The van der Waals surface area contributed by atoms with E-state index in [9.17, 15) is 0 Å². The van der Waals surface area contributed by atoms with E-state index in [0.29, 0.717) is 0 Å². The maximum atomic E-state index is 6.89. The molecule has 0 bridgehead atoms. The first-order chi connectivity index (χ1) is 22.2. The van der Waals surface area contributed by atoms with Gasteiger partial charge in [-0.25, -0.2) is 0 Å². The van der Waals surface area contributed by atoms with E-state index in [2.05, 4.69) is 142 Å². The molecule has 5 heteroatoms. The number of anilines is 5. The van der Waals surface area contributed by atoms with Crippen molar-refractivity contribution in [2.45, 2.75) is 76.7 Å². The van der Waals surface area contributed by atoms with Crippen LogP contribution in [0.25, 0.3) is 0 Å². The number of fused-ring (bicyclic) bond motifs is 7. The maximum absolute atomic E-state index is 6.89. The van der Waals surface area contributed by atoms with Crippen LogP contribution in [0.15, 0.2) is 103 Å². The minimum Gasteiger partial charge on any atom is -0.457 e. The second-order valence-electron chi connectivity index (χ2n) is 15.2. The molecule has 0 N–H and O–H groups in total. The molecular formula is C41H40BN3O. The third-order valence-electron chi connectivity index (χ3n) is 11.7. The average Bonchev–Trinajstić information content (AvgIpc) is 3.27. The lowest BCUT2D eigenvalue weighted by Crippen LogP contribution is -2.63. The van der Waals surface area contributed by atoms with Crippen LogP contribution < -0.4 is 30.9 Å². The summed E-state index contributed by atoms with van der Waals surface area (Å²) in [5.41, 5.74) is 12.9. The third-order valence-corrected chi connectivity index (χ3v) is 11.7. The number of nitrogens with zero attached hydrogens (tertiary/aromatic N) is 3. The quantitative estimate of drug-likeness (QED) is 0.190. The summed E-state index contributed by atoms with van der Waals surface area (Å²) in [5.74, 6) is 1.78. The Bertz CT molecular complexity index is 1980. The minimum atomic E-state index is -0.0172. The van der Waals surface area contributed by atoms with Crippen molar-refractivity contribution in [3.63, 3.8) is 0 Å². The standard InChI is InChI=1S/C41H40BN3O/c1-39(2,3)27-22-31-38-33(23-27)42-32-19-18-30(44(28-14-8-6-9-15-28)29-16-10-7-11-17-29)24-35(32)46-36-26-43-25-34(37(36)42)45(38)41(5)21-13-12-20-40(31,41)4/h6-11,14-19,22-26H,12-13,20-21H2,1-5H3. The van der Waals surface area contributed by atoms with Gasteiger partial charge < -0.3 is 14.5 Å². The van der Waals surface area contributed by atoms with Gasteiger partial charge >= 0.3 is 0 Å². The van der Waals surface area contributed by atoms with E-state index < -0.39 is 0 Å². The summed E-state index contributed by atoms with van der Waals surface area (Å²) in [6, 6.07) is 33.1. The maximum Gasteiger partial charge on any atom is 0.256 e. The summed E-state index contributed by atoms with van der Waals surface area (Å²) in [6.45, 7) is 12.2. The summed E-state index contributed by atoms with van der Waals surface area (Å²) in [4.78, 5) is 9.83. The summed E-state index contributed by atoms with van der Waals surface area (Å²) < 4.78 is 6.89. The summed E-state index contributed by atoms with van der Waals surface area (Å²) in [7, 11) is 0. The number of benzene rings is 4. The van der Waals surface area contributed by atoms with Crippen molar-refractivity contribution in [1.82, 2.24) is 4.98 Å². The minimum absolute atomic E-state index is 0.0172. The molecule has 2 atom stereocenters. The number of pyridine rings is 1. The van der Waals surface area contributed by atoms with Crippen LogP contribution in [0.1, 0.15) is 71.4 Å². The Balaban J connectivity index is 1.29. The molecule has 4 heterocycles. The highest BCUT2D eigenvalue weighted by Gasteiger charge is 2.61. The zero-order chi connectivity index (χ0) is 31.4.